The SMILES string of the molecule is O=C(NCc1ccc(N2CCCc3ccccc32)nc1)c1cccc(C(=O)N2CCC(n3cc(COc4ccccc4[N+](=O)[O-])nn3)CC2)c1. The summed E-state index contributed by atoms with van der Waals surface area (Å²) in [5.74, 6) is 0.661. The molecule has 13 heteroatoms. The zero-order valence-corrected chi connectivity index (χ0v) is 27.4. The predicted molar refractivity (Wildman–Crippen MR) is 185 cm³/mol. The molecule has 4 heterocycles. The third-order valence-electron chi connectivity index (χ3n) is 9.14. The molecule has 2 amide bonds. The summed E-state index contributed by atoms with van der Waals surface area (Å²) in [6, 6.07) is 25.4. The fourth-order valence-corrected chi connectivity index (χ4v) is 6.49. The minimum atomic E-state index is -0.486. The van der Waals surface area contributed by atoms with Gasteiger partial charge in [0.05, 0.1) is 17.2 Å². The van der Waals surface area contributed by atoms with Gasteiger partial charge in [0.25, 0.3) is 11.8 Å². The van der Waals surface area contributed by atoms with Gasteiger partial charge in [-0.2, -0.15) is 0 Å². The summed E-state index contributed by atoms with van der Waals surface area (Å²) in [4.78, 5) is 46.0. The molecule has 0 aliphatic carbocycles. The van der Waals surface area contributed by atoms with Gasteiger partial charge in [0.15, 0.2) is 5.75 Å². The van der Waals surface area contributed by atoms with Crippen molar-refractivity contribution in [2.75, 3.05) is 24.5 Å². The monoisotopic (exact) mass is 672 g/mol. The smallest absolute Gasteiger partial charge is 0.310 e. The van der Waals surface area contributed by atoms with Crippen LogP contribution in [-0.4, -0.2) is 61.2 Å². The third kappa shape index (κ3) is 7.16. The molecule has 7 rings (SSSR count). The lowest BCUT2D eigenvalue weighted by Crippen LogP contribution is -2.39. The number of carbonyl (C=O) groups excluding carboxylic acids is 2. The Morgan fingerprint density at radius 1 is 0.940 bits per heavy atom. The molecule has 2 aromatic heterocycles. The third-order valence-corrected chi connectivity index (χ3v) is 9.14. The Labute approximate surface area is 288 Å². The van der Waals surface area contributed by atoms with Gasteiger partial charge in [-0.15, -0.1) is 5.10 Å². The van der Waals surface area contributed by atoms with E-state index in [1.807, 2.05) is 18.2 Å². The number of carbonyl (C=O) groups is 2. The summed E-state index contributed by atoms with van der Waals surface area (Å²) in [6.45, 7) is 2.32. The first-order valence-corrected chi connectivity index (χ1v) is 16.7. The fourth-order valence-electron chi connectivity index (χ4n) is 6.49. The van der Waals surface area contributed by atoms with Gasteiger partial charge >= 0.3 is 5.69 Å². The number of anilines is 2. The lowest BCUT2D eigenvalue weighted by atomic mass is 10.0. The summed E-state index contributed by atoms with van der Waals surface area (Å²) in [5, 5.41) is 22.6. The average molecular weight is 673 g/mol. The standard InChI is InChI=1S/C37H36N8O5/c46-36(39-23-26-14-15-35(38-22-26)43-18-6-10-27-7-1-2-11-32(27)43)28-8-5-9-29(21-28)37(47)42-19-16-31(17-20-42)44-24-30(40-41-44)25-50-34-13-4-3-12-33(34)45(48)49/h1-5,7-9,11-15,21-22,24,31H,6,10,16-20,23,25H2,(H,39,46). The zero-order chi connectivity index (χ0) is 34.5. The minimum Gasteiger partial charge on any atom is -0.480 e. The van der Waals surface area contributed by atoms with Crippen LogP contribution in [0.1, 0.15) is 62.8 Å². The van der Waals surface area contributed by atoms with Crippen LogP contribution in [0.4, 0.5) is 17.2 Å². The van der Waals surface area contributed by atoms with E-state index >= 15 is 0 Å². The van der Waals surface area contributed by atoms with Gasteiger partial charge in [-0.05, 0) is 73.2 Å². The van der Waals surface area contributed by atoms with Gasteiger partial charge in [-0.25, -0.2) is 9.67 Å². The molecule has 0 atom stereocenters. The quantitative estimate of drug-likeness (QED) is 0.147. The minimum absolute atomic E-state index is 0.0442. The van der Waals surface area contributed by atoms with Crippen LogP contribution in [0, 0.1) is 10.1 Å². The number of nitrogens with one attached hydrogen (secondary N) is 1. The molecule has 1 fully saturated rings. The number of aryl methyl sites for hydroxylation is 1. The molecule has 0 spiro atoms. The number of aromatic nitrogens is 4. The van der Waals surface area contributed by atoms with Crippen LogP contribution in [-0.2, 0) is 19.6 Å². The molecule has 1 saturated heterocycles. The molecule has 2 aliphatic heterocycles. The summed E-state index contributed by atoms with van der Waals surface area (Å²) < 4.78 is 7.40. The van der Waals surface area contributed by atoms with E-state index in [0.717, 1.165) is 30.8 Å². The van der Waals surface area contributed by atoms with Crippen LogP contribution in [0.3, 0.4) is 0 Å². The Hall–Kier alpha value is -6.11. The molecule has 5 aromatic rings. The first-order chi connectivity index (χ1) is 24.4. The molecular formula is C37H36N8O5. The number of piperidine rings is 1. The van der Waals surface area contributed by atoms with Crippen molar-refractivity contribution in [2.24, 2.45) is 0 Å². The molecular weight excluding hydrogens is 636 g/mol. The highest BCUT2D eigenvalue weighted by atomic mass is 16.6. The zero-order valence-electron chi connectivity index (χ0n) is 27.4. The molecule has 0 bridgehead atoms. The van der Waals surface area contributed by atoms with Gasteiger partial charge in [0.2, 0.25) is 0 Å². The molecule has 3 aromatic carbocycles. The molecule has 254 valence electrons. The number of nitro groups is 1. The number of pyridine rings is 1. The van der Waals surface area contributed by atoms with Crippen molar-refractivity contribution in [1.29, 1.82) is 0 Å². The second-order valence-electron chi connectivity index (χ2n) is 12.4. The number of rotatable bonds is 10. The average Bonchev–Trinajstić information content (AvgIpc) is 3.65. The van der Waals surface area contributed by atoms with Gasteiger partial charge in [0.1, 0.15) is 18.1 Å². The summed E-state index contributed by atoms with van der Waals surface area (Å²) in [5.41, 5.74) is 4.72. The number of likely N-dealkylation sites (tertiary alicyclic amines) is 1. The van der Waals surface area contributed by atoms with Gasteiger partial charge in [0, 0.05) is 55.3 Å². The normalized spacial score (nSPS) is 14.6. The lowest BCUT2D eigenvalue weighted by Gasteiger charge is -2.32. The first-order valence-electron chi connectivity index (χ1n) is 16.7. The molecule has 0 radical (unpaired) electrons. The van der Waals surface area contributed by atoms with E-state index in [9.17, 15) is 19.7 Å². The maximum Gasteiger partial charge on any atom is 0.310 e. The Morgan fingerprint density at radius 2 is 1.74 bits per heavy atom. The van der Waals surface area contributed by atoms with E-state index in [4.69, 9.17) is 4.74 Å². The van der Waals surface area contributed by atoms with E-state index in [1.54, 1.807) is 64.4 Å². The summed E-state index contributed by atoms with van der Waals surface area (Å²) in [6.07, 6.45) is 7.07. The number of fused-ring (bicyclic) bond motifs is 1. The van der Waals surface area contributed by atoms with E-state index in [2.05, 4.69) is 43.7 Å². The number of ether oxygens (including phenoxy) is 1. The van der Waals surface area contributed by atoms with Crippen LogP contribution >= 0.6 is 0 Å². The van der Waals surface area contributed by atoms with Gasteiger partial charge < -0.3 is 19.9 Å². The number of nitrogens with zero attached hydrogens (tertiary/aromatic N) is 7. The number of benzene rings is 3. The highest BCUT2D eigenvalue weighted by Crippen LogP contribution is 2.32. The van der Waals surface area contributed by atoms with E-state index in [0.29, 0.717) is 49.3 Å². The molecule has 0 unspecified atom stereocenters. The Balaban J connectivity index is 0.900. The second-order valence-corrected chi connectivity index (χ2v) is 12.4. The number of hydrogen-bond donors (Lipinski definition) is 1. The summed E-state index contributed by atoms with van der Waals surface area (Å²) in [7, 11) is 0. The second kappa shape index (κ2) is 14.6. The van der Waals surface area contributed by atoms with E-state index in [-0.39, 0.29) is 35.9 Å². The van der Waals surface area contributed by atoms with Crippen molar-refractivity contribution in [3.63, 3.8) is 0 Å². The highest BCUT2D eigenvalue weighted by molar-refractivity contribution is 5.99. The van der Waals surface area contributed by atoms with Crippen LogP contribution < -0.4 is 15.0 Å². The van der Waals surface area contributed by atoms with Gasteiger partial charge in [-0.3, -0.25) is 19.7 Å². The first kappa shape index (κ1) is 32.4. The molecule has 50 heavy (non-hydrogen) atoms. The van der Waals surface area contributed by atoms with Crippen molar-refractivity contribution < 1.29 is 19.2 Å². The molecule has 0 saturated carbocycles. The highest BCUT2D eigenvalue weighted by Gasteiger charge is 2.26. The molecule has 1 N–H and O–H groups in total. The predicted octanol–water partition coefficient (Wildman–Crippen LogP) is 5.65. The largest absolute Gasteiger partial charge is 0.480 e. The van der Waals surface area contributed by atoms with E-state index in [1.165, 1.54) is 17.3 Å². The fraction of sp³-hybridized carbons (Fsp3) is 0.270. The molecule has 13 nitrogen and oxygen atoms in total. The van der Waals surface area contributed by atoms with Crippen LogP contribution in [0.5, 0.6) is 5.75 Å². The topological polar surface area (TPSA) is 149 Å². The van der Waals surface area contributed by atoms with Crippen molar-refractivity contribution in [3.05, 3.63) is 135 Å². The summed E-state index contributed by atoms with van der Waals surface area (Å²) >= 11 is 0. The maximum absolute atomic E-state index is 13.4. The van der Waals surface area contributed by atoms with Crippen molar-refractivity contribution in [3.8, 4) is 5.75 Å². The van der Waals surface area contributed by atoms with Crippen molar-refractivity contribution in [2.45, 2.75) is 44.9 Å². The van der Waals surface area contributed by atoms with Crippen molar-refractivity contribution >= 4 is 29.0 Å². The van der Waals surface area contributed by atoms with Crippen molar-refractivity contribution in [1.82, 2.24) is 30.2 Å². The Morgan fingerprint density at radius 3 is 2.56 bits per heavy atom. The Kier molecular flexibility index (Phi) is 9.45. The van der Waals surface area contributed by atoms with Gasteiger partial charge in [-0.1, -0.05) is 47.7 Å². The maximum atomic E-state index is 13.4. The number of nitro benzene ring substituents is 1. The van der Waals surface area contributed by atoms with Crippen LogP contribution in [0.2, 0.25) is 0 Å². The number of amides is 2. The number of hydrogen-bond acceptors (Lipinski definition) is 9. The lowest BCUT2D eigenvalue weighted by molar-refractivity contribution is -0.385. The number of para-hydroxylation sites is 3. The van der Waals surface area contributed by atoms with Crippen LogP contribution in [0.15, 0.2) is 97.3 Å². The van der Waals surface area contributed by atoms with Crippen LogP contribution in [0.25, 0.3) is 0 Å². The Bertz CT molecular complexity index is 2010. The molecule has 2 aliphatic rings. The van der Waals surface area contributed by atoms with E-state index < -0.39 is 4.92 Å².